The van der Waals surface area contributed by atoms with Gasteiger partial charge in [-0.05, 0) is 48.7 Å². The zero-order chi connectivity index (χ0) is 17.3. The number of rotatable bonds is 3. The van der Waals surface area contributed by atoms with Gasteiger partial charge in [0.05, 0.1) is 19.4 Å². The second-order valence-electron chi connectivity index (χ2n) is 6.49. The molecule has 0 atom stereocenters. The highest BCUT2D eigenvalue weighted by atomic mass is 19.1. The van der Waals surface area contributed by atoms with Crippen LogP contribution in [0.15, 0.2) is 47.6 Å². The fourth-order valence-electron chi connectivity index (χ4n) is 2.63. The Morgan fingerprint density at radius 3 is 2.52 bits per heavy atom. The van der Waals surface area contributed by atoms with E-state index in [2.05, 4.69) is 10.5 Å². The number of nitrogens with one attached hydrogen (secondary N) is 1. The Kier molecular flexibility index (Phi) is 3.87. The molecule has 25 heavy (non-hydrogen) atoms. The summed E-state index contributed by atoms with van der Waals surface area (Å²) in [6.45, 7) is 1.28. The molecule has 1 heterocycles. The minimum atomic E-state index is -0.352. The van der Waals surface area contributed by atoms with Crippen LogP contribution < -0.4 is 14.9 Å². The minimum absolute atomic E-state index is 0.154. The van der Waals surface area contributed by atoms with Crippen molar-refractivity contribution in [3.05, 3.63) is 59.4 Å². The summed E-state index contributed by atoms with van der Waals surface area (Å²) in [6.07, 6.45) is 3.69. The van der Waals surface area contributed by atoms with Crippen molar-refractivity contribution in [2.75, 3.05) is 13.2 Å². The lowest BCUT2D eigenvalue weighted by atomic mass is 10.1. The highest BCUT2D eigenvalue weighted by Crippen LogP contribution is 2.49. The van der Waals surface area contributed by atoms with Crippen LogP contribution in [0.25, 0.3) is 0 Å². The number of ether oxygens (including phenoxy) is 2. The van der Waals surface area contributed by atoms with Crippen molar-refractivity contribution < 1.29 is 18.7 Å². The van der Waals surface area contributed by atoms with Gasteiger partial charge in [-0.1, -0.05) is 12.1 Å². The summed E-state index contributed by atoms with van der Waals surface area (Å²) in [4.78, 5) is 12.2. The van der Waals surface area contributed by atoms with E-state index in [4.69, 9.17) is 9.47 Å². The van der Waals surface area contributed by atoms with Crippen LogP contribution >= 0.6 is 0 Å². The Labute approximate surface area is 144 Å². The molecule has 0 aromatic heterocycles. The molecule has 5 nitrogen and oxygen atoms in total. The number of nitrogens with zero attached hydrogens (tertiary/aromatic N) is 1. The topological polar surface area (TPSA) is 59.9 Å². The number of amides is 1. The molecule has 128 valence electrons. The average molecular weight is 340 g/mol. The number of fused-ring (bicyclic) bond motifs is 1. The normalized spacial score (nSPS) is 17.3. The second kappa shape index (κ2) is 6.20. The molecule has 0 radical (unpaired) electrons. The molecule has 1 fully saturated rings. The van der Waals surface area contributed by atoms with Crippen molar-refractivity contribution in [1.82, 2.24) is 5.43 Å². The van der Waals surface area contributed by atoms with E-state index in [0.717, 1.165) is 12.8 Å². The summed E-state index contributed by atoms with van der Waals surface area (Å²) < 4.78 is 24.5. The maximum absolute atomic E-state index is 12.8. The van der Waals surface area contributed by atoms with Gasteiger partial charge < -0.3 is 9.47 Å². The summed E-state index contributed by atoms with van der Waals surface area (Å²) in [7, 11) is 0. The highest BCUT2D eigenvalue weighted by Gasteiger charge is 2.46. The lowest BCUT2D eigenvalue weighted by molar-refractivity contribution is 0.0954. The van der Waals surface area contributed by atoms with E-state index in [9.17, 15) is 9.18 Å². The standard InChI is InChI=1S/C19H17FN2O3/c20-15-4-1-13(2-5-15)10-21-22-18(23)14-3-6-16-17(9-14)25-12-19(7-8-19)11-24-16/h1-6,9-10H,7-8,11-12H2,(H,22,23)/b21-10-. The maximum atomic E-state index is 12.8. The highest BCUT2D eigenvalue weighted by molar-refractivity contribution is 5.95. The molecular formula is C19H17FN2O3. The van der Waals surface area contributed by atoms with Gasteiger partial charge in [0.2, 0.25) is 0 Å². The number of carbonyl (C=O) groups excluding carboxylic acids is 1. The lowest BCUT2D eigenvalue weighted by Crippen LogP contribution is -2.18. The van der Waals surface area contributed by atoms with Gasteiger partial charge in [0, 0.05) is 11.0 Å². The van der Waals surface area contributed by atoms with E-state index >= 15 is 0 Å². The lowest BCUT2D eigenvalue weighted by Gasteiger charge is -2.09. The van der Waals surface area contributed by atoms with E-state index in [1.807, 2.05) is 0 Å². The molecular weight excluding hydrogens is 323 g/mol. The predicted molar refractivity (Wildman–Crippen MR) is 90.6 cm³/mol. The second-order valence-corrected chi connectivity index (χ2v) is 6.49. The average Bonchev–Trinajstić information content (AvgIpc) is 3.43. The van der Waals surface area contributed by atoms with Crippen molar-refractivity contribution in [3.8, 4) is 11.5 Å². The fraction of sp³-hybridized carbons (Fsp3) is 0.263. The minimum Gasteiger partial charge on any atom is -0.489 e. The summed E-state index contributed by atoms with van der Waals surface area (Å²) in [5.41, 5.74) is 3.73. The Hall–Kier alpha value is -2.89. The Morgan fingerprint density at radius 1 is 1.08 bits per heavy atom. The molecule has 2 aliphatic rings. The predicted octanol–water partition coefficient (Wildman–Crippen LogP) is 3.14. The molecule has 0 unspecified atom stereocenters. The van der Waals surface area contributed by atoms with Crippen LogP contribution in [-0.4, -0.2) is 25.3 Å². The molecule has 6 heteroatoms. The van der Waals surface area contributed by atoms with Crippen LogP contribution in [-0.2, 0) is 0 Å². The zero-order valence-corrected chi connectivity index (χ0v) is 13.5. The van der Waals surface area contributed by atoms with E-state index in [0.29, 0.717) is 35.8 Å². The van der Waals surface area contributed by atoms with Crippen molar-refractivity contribution in [3.63, 3.8) is 0 Å². The third kappa shape index (κ3) is 3.47. The monoisotopic (exact) mass is 340 g/mol. The molecule has 1 saturated carbocycles. The van der Waals surface area contributed by atoms with Gasteiger partial charge in [0.15, 0.2) is 11.5 Å². The first-order valence-corrected chi connectivity index (χ1v) is 8.12. The van der Waals surface area contributed by atoms with E-state index < -0.39 is 0 Å². The summed E-state index contributed by atoms with van der Waals surface area (Å²) in [5.74, 6) is 0.575. The Bertz CT molecular complexity index is 829. The van der Waals surface area contributed by atoms with Crippen molar-refractivity contribution in [2.45, 2.75) is 12.8 Å². The number of benzene rings is 2. The molecule has 0 bridgehead atoms. The largest absolute Gasteiger partial charge is 0.489 e. The van der Waals surface area contributed by atoms with Gasteiger partial charge in [0.25, 0.3) is 5.91 Å². The molecule has 1 aliphatic carbocycles. The molecule has 2 aromatic rings. The number of hydrogen-bond acceptors (Lipinski definition) is 4. The van der Waals surface area contributed by atoms with Gasteiger partial charge in [-0.3, -0.25) is 4.79 Å². The quantitative estimate of drug-likeness (QED) is 0.690. The zero-order valence-electron chi connectivity index (χ0n) is 13.5. The van der Waals surface area contributed by atoms with Crippen molar-refractivity contribution in [2.24, 2.45) is 10.5 Å². The Morgan fingerprint density at radius 2 is 1.80 bits per heavy atom. The summed E-state index contributed by atoms with van der Waals surface area (Å²) >= 11 is 0. The van der Waals surface area contributed by atoms with Crippen LogP contribution in [0.2, 0.25) is 0 Å². The van der Waals surface area contributed by atoms with E-state index in [-0.39, 0.29) is 17.1 Å². The molecule has 1 amide bonds. The van der Waals surface area contributed by atoms with Gasteiger partial charge in [-0.25, -0.2) is 9.82 Å². The molecule has 2 aromatic carbocycles. The van der Waals surface area contributed by atoms with Gasteiger partial charge in [-0.15, -0.1) is 0 Å². The number of halogens is 1. The van der Waals surface area contributed by atoms with Gasteiger partial charge in [0.1, 0.15) is 5.82 Å². The van der Waals surface area contributed by atoms with Crippen LogP contribution in [0.3, 0.4) is 0 Å². The SMILES string of the molecule is O=C(N/N=C\c1ccc(F)cc1)c1ccc2c(c1)OCC1(CC1)CO2. The van der Waals surface area contributed by atoms with Gasteiger partial charge >= 0.3 is 0 Å². The van der Waals surface area contributed by atoms with Crippen LogP contribution in [0.5, 0.6) is 11.5 Å². The van der Waals surface area contributed by atoms with Crippen LogP contribution in [0.4, 0.5) is 4.39 Å². The number of hydrogen-bond donors (Lipinski definition) is 1. The first kappa shape index (κ1) is 15.6. The van der Waals surface area contributed by atoms with Crippen LogP contribution in [0.1, 0.15) is 28.8 Å². The molecule has 4 rings (SSSR count). The fourth-order valence-corrected chi connectivity index (χ4v) is 2.63. The third-order valence-corrected chi connectivity index (χ3v) is 4.48. The molecule has 1 spiro atoms. The van der Waals surface area contributed by atoms with Crippen molar-refractivity contribution in [1.29, 1.82) is 0 Å². The smallest absolute Gasteiger partial charge is 0.271 e. The van der Waals surface area contributed by atoms with E-state index in [1.165, 1.54) is 18.3 Å². The maximum Gasteiger partial charge on any atom is 0.271 e. The number of carbonyl (C=O) groups is 1. The van der Waals surface area contributed by atoms with E-state index in [1.54, 1.807) is 30.3 Å². The number of hydrazone groups is 1. The molecule has 1 N–H and O–H groups in total. The van der Waals surface area contributed by atoms with Crippen molar-refractivity contribution >= 4 is 12.1 Å². The first-order chi connectivity index (χ1) is 12.1. The molecule has 1 aliphatic heterocycles. The first-order valence-electron chi connectivity index (χ1n) is 8.12. The third-order valence-electron chi connectivity index (χ3n) is 4.48. The van der Waals surface area contributed by atoms with Gasteiger partial charge in [-0.2, -0.15) is 5.10 Å². The molecule has 0 saturated heterocycles. The summed E-state index contributed by atoms with van der Waals surface area (Å²) in [5, 5.41) is 3.89. The Balaban J connectivity index is 1.42. The van der Waals surface area contributed by atoms with Crippen LogP contribution in [0, 0.1) is 11.2 Å². The summed E-state index contributed by atoms with van der Waals surface area (Å²) in [6, 6.07) is 10.9.